The van der Waals surface area contributed by atoms with Gasteiger partial charge in [-0.25, -0.2) is 0 Å². The predicted octanol–water partition coefficient (Wildman–Crippen LogP) is 1.40. The van der Waals surface area contributed by atoms with Crippen LogP contribution in [-0.2, 0) is 4.79 Å². The van der Waals surface area contributed by atoms with Crippen molar-refractivity contribution in [3.8, 4) is 5.75 Å². The summed E-state index contributed by atoms with van der Waals surface area (Å²) in [5.74, 6) is 0.506. The molecule has 0 spiro atoms. The van der Waals surface area contributed by atoms with Gasteiger partial charge in [0, 0.05) is 13.1 Å². The summed E-state index contributed by atoms with van der Waals surface area (Å²) < 4.78 is 5.29. The Morgan fingerprint density at radius 1 is 1.43 bits per heavy atom. The van der Waals surface area contributed by atoms with Gasteiger partial charge in [-0.2, -0.15) is 0 Å². The standard InChI is InChI=1S/C16H22N2O3/c1-11-5-6-12(14(9-11)21-4)13(19)10-18-8-7-17-15(20)16(18,2)3/h5-6,9H,7-8,10H2,1-4H3,(H,17,20). The Hall–Kier alpha value is -1.88. The molecule has 1 aliphatic heterocycles. The number of carbonyl (C=O) groups is 2. The lowest BCUT2D eigenvalue weighted by molar-refractivity contribution is -0.134. The second-order valence-corrected chi connectivity index (χ2v) is 5.86. The number of benzene rings is 1. The van der Waals surface area contributed by atoms with Gasteiger partial charge in [-0.15, -0.1) is 0 Å². The molecule has 0 saturated carbocycles. The van der Waals surface area contributed by atoms with Crippen LogP contribution in [0.5, 0.6) is 5.75 Å². The van der Waals surface area contributed by atoms with E-state index in [1.165, 1.54) is 0 Å². The molecule has 1 fully saturated rings. The monoisotopic (exact) mass is 290 g/mol. The van der Waals surface area contributed by atoms with Gasteiger partial charge in [-0.3, -0.25) is 14.5 Å². The van der Waals surface area contributed by atoms with Crippen LogP contribution in [0.1, 0.15) is 29.8 Å². The van der Waals surface area contributed by atoms with E-state index in [9.17, 15) is 9.59 Å². The lowest BCUT2D eigenvalue weighted by Crippen LogP contribution is -2.62. The first-order chi connectivity index (χ1) is 9.86. The van der Waals surface area contributed by atoms with E-state index in [2.05, 4.69) is 5.32 Å². The van der Waals surface area contributed by atoms with Gasteiger partial charge >= 0.3 is 0 Å². The van der Waals surface area contributed by atoms with Crippen molar-refractivity contribution in [2.75, 3.05) is 26.7 Å². The summed E-state index contributed by atoms with van der Waals surface area (Å²) in [6, 6.07) is 5.53. The zero-order valence-electron chi connectivity index (χ0n) is 13.0. The summed E-state index contributed by atoms with van der Waals surface area (Å²) in [4.78, 5) is 26.4. The number of hydrogen-bond acceptors (Lipinski definition) is 4. The van der Waals surface area contributed by atoms with E-state index >= 15 is 0 Å². The summed E-state index contributed by atoms with van der Waals surface area (Å²) in [7, 11) is 1.56. The van der Waals surface area contributed by atoms with E-state index < -0.39 is 5.54 Å². The van der Waals surface area contributed by atoms with Crippen LogP contribution in [-0.4, -0.2) is 48.9 Å². The molecule has 0 bridgehead atoms. The smallest absolute Gasteiger partial charge is 0.240 e. The van der Waals surface area contributed by atoms with Crippen molar-refractivity contribution < 1.29 is 14.3 Å². The van der Waals surface area contributed by atoms with Crippen molar-refractivity contribution in [1.29, 1.82) is 0 Å². The Labute approximate surface area is 125 Å². The third-order valence-electron chi connectivity index (χ3n) is 4.01. The number of methoxy groups -OCH3 is 1. The molecule has 1 amide bonds. The number of rotatable bonds is 4. The molecule has 0 atom stereocenters. The van der Waals surface area contributed by atoms with Crippen LogP contribution in [0.15, 0.2) is 18.2 Å². The lowest BCUT2D eigenvalue weighted by atomic mass is 9.97. The van der Waals surface area contributed by atoms with Gasteiger partial charge < -0.3 is 10.1 Å². The number of carbonyl (C=O) groups excluding carboxylic acids is 2. The number of nitrogens with one attached hydrogen (secondary N) is 1. The molecular weight excluding hydrogens is 268 g/mol. The van der Waals surface area contributed by atoms with Gasteiger partial charge in [-0.05, 0) is 38.5 Å². The van der Waals surface area contributed by atoms with Crippen LogP contribution in [0.25, 0.3) is 0 Å². The predicted molar refractivity (Wildman–Crippen MR) is 80.7 cm³/mol. The highest BCUT2D eigenvalue weighted by Crippen LogP contribution is 2.23. The van der Waals surface area contributed by atoms with E-state index in [0.29, 0.717) is 24.4 Å². The Morgan fingerprint density at radius 2 is 2.14 bits per heavy atom. The summed E-state index contributed by atoms with van der Waals surface area (Å²) >= 11 is 0. The fourth-order valence-corrected chi connectivity index (χ4v) is 2.51. The molecule has 1 heterocycles. The first-order valence-corrected chi connectivity index (χ1v) is 7.07. The molecule has 0 aromatic heterocycles. The van der Waals surface area contributed by atoms with Gasteiger partial charge in [-0.1, -0.05) is 6.07 Å². The Bertz CT molecular complexity index is 567. The second-order valence-electron chi connectivity index (χ2n) is 5.86. The quantitative estimate of drug-likeness (QED) is 0.852. The summed E-state index contributed by atoms with van der Waals surface area (Å²) in [5.41, 5.74) is 0.928. The molecule has 1 aromatic carbocycles. The molecule has 21 heavy (non-hydrogen) atoms. The van der Waals surface area contributed by atoms with Crippen LogP contribution < -0.4 is 10.1 Å². The van der Waals surface area contributed by atoms with Gasteiger partial charge in [0.15, 0.2) is 5.78 Å². The molecule has 1 N–H and O–H groups in total. The normalized spacial score (nSPS) is 18.2. The second kappa shape index (κ2) is 5.85. The first kappa shape index (κ1) is 15.5. The molecule has 0 radical (unpaired) electrons. The third-order valence-corrected chi connectivity index (χ3v) is 4.01. The summed E-state index contributed by atoms with van der Waals surface area (Å²) in [5, 5.41) is 2.83. The largest absolute Gasteiger partial charge is 0.496 e. The third kappa shape index (κ3) is 3.08. The van der Waals surface area contributed by atoms with Crippen molar-refractivity contribution in [2.45, 2.75) is 26.3 Å². The number of ether oxygens (including phenoxy) is 1. The van der Waals surface area contributed by atoms with Gasteiger partial charge in [0.2, 0.25) is 5.91 Å². The number of Topliss-reactive ketones (excluding diaryl/α,β-unsaturated/α-hetero) is 1. The average Bonchev–Trinajstić information content (AvgIpc) is 2.44. The van der Waals surface area contributed by atoms with Crippen molar-refractivity contribution in [3.63, 3.8) is 0 Å². The van der Waals surface area contributed by atoms with Crippen LogP contribution in [0.3, 0.4) is 0 Å². The van der Waals surface area contributed by atoms with Crippen LogP contribution in [0.2, 0.25) is 0 Å². The van der Waals surface area contributed by atoms with Crippen LogP contribution in [0.4, 0.5) is 0 Å². The lowest BCUT2D eigenvalue weighted by Gasteiger charge is -2.40. The van der Waals surface area contributed by atoms with Crippen molar-refractivity contribution >= 4 is 11.7 Å². The maximum atomic E-state index is 12.5. The molecular formula is C16H22N2O3. The maximum absolute atomic E-state index is 12.5. The molecule has 114 valence electrons. The SMILES string of the molecule is COc1cc(C)ccc1C(=O)CN1CCNC(=O)C1(C)C. The number of amides is 1. The van der Waals surface area contributed by atoms with E-state index in [0.717, 1.165) is 5.56 Å². The Balaban J connectivity index is 2.20. The number of nitrogens with zero attached hydrogens (tertiary/aromatic N) is 1. The maximum Gasteiger partial charge on any atom is 0.240 e. The molecule has 1 saturated heterocycles. The number of piperazine rings is 1. The molecule has 5 nitrogen and oxygen atoms in total. The van der Waals surface area contributed by atoms with Gasteiger partial charge in [0.25, 0.3) is 0 Å². The summed E-state index contributed by atoms with van der Waals surface area (Å²) in [6.45, 7) is 7.07. The van der Waals surface area contributed by atoms with Crippen molar-refractivity contribution in [3.05, 3.63) is 29.3 Å². The fourth-order valence-electron chi connectivity index (χ4n) is 2.51. The molecule has 1 aromatic rings. The van der Waals surface area contributed by atoms with Crippen molar-refractivity contribution in [1.82, 2.24) is 10.2 Å². The Kier molecular flexibility index (Phi) is 4.32. The summed E-state index contributed by atoms with van der Waals surface area (Å²) in [6.07, 6.45) is 0. The minimum Gasteiger partial charge on any atom is -0.496 e. The number of ketones is 1. The molecule has 0 aliphatic carbocycles. The van der Waals surface area contributed by atoms with Crippen LogP contribution >= 0.6 is 0 Å². The topological polar surface area (TPSA) is 58.6 Å². The van der Waals surface area contributed by atoms with Gasteiger partial charge in [0.05, 0.1) is 24.8 Å². The molecule has 0 unspecified atom stereocenters. The molecule has 2 rings (SSSR count). The highest BCUT2D eigenvalue weighted by molar-refractivity contribution is 6.00. The average molecular weight is 290 g/mol. The fraction of sp³-hybridized carbons (Fsp3) is 0.500. The van der Waals surface area contributed by atoms with Crippen LogP contribution in [0, 0.1) is 6.92 Å². The van der Waals surface area contributed by atoms with Gasteiger partial charge in [0.1, 0.15) is 5.75 Å². The first-order valence-electron chi connectivity index (χ1n) is 7.07. The zero-order chi connectivity index (χ0) is 15.6. The number of hydrogen-bond donors (Lipinski definition) is 1. The highest BCUT2D eigenvalue weighted by atomic mass is 16.5. The zero-order valence-corrected chi connectivity index (χ0v) is 13.0. The minimum absolute atomic E-state index is 0.0328. The van der Waals surface area contributed by atoms with Crippen molar-refractivity contribution in [2.24, 2.45) is 0 Å². The van der Waals surface area contributed by atoms with E-state index in [4.69, 9.17) is 4.74 Å². The van der Waals surface area contributed by atoms with E-state index in [-0.39, 0.29) is 18.2 Å². The number of aryl methyl sites for hydroxylation is 1. The molecule has 5 heteroatoms. The van der Waals surface area contributed by atoms with E-state index in [1.54, 1.807) is 13.2 Å². The Morgan fingerprint density at radius 3 is 2.81 bits per heavy atom. The molecule has 1 aliphatic rings. The minimum atomic E-state index is -0.675. The highest BCUT2D eigenvalue weighted by Gasteiger charge is 2.38. The van der Waals surface area contributed by atoms with E-state index in [1.807, 2.05) is 37.8 Å².